The van der Waals surface area contributed by atoms with E-state index in [-0.39, 0.29) is 47.7 Å². The maximum absolute atomic E-state index is 13.5. The van der Waals surface area contributed by atoms with Crippen LogP contribution in [0.25, 0.3) is 11.1 Å². The summed E-state index contributed by atoms with van der Waals surface area (Å²) in [4.78, 5) is 58.6. The molecule has 6 rings (SSSR count). The van der Waals surface area contributed by atoms with E-state index < -0.39 is 0 Å². The molecule has 0 saturated carbocycles. The second-order valence-electron chi connectivity index (χ2n) is 13.1. The van der Waals surface area contributed by atoms with E-state index in [9.17, 15) is 19.2 Å². The van der Waals surface area contributed by atoms with E-state index in [2.05, 4.69) is 20.6 Å². The molecule has 2 aliphatic heterocycles. The topological polar surface area (TPSA) is 155 Å². The van der Waals surface area contributed by atoms with Gasteiger partial charge in [0.1, 0.15) is 29.5 Å². The van der Waals surface area contributed by atoms with Gasteiger partial charge in [-0.15, -0.1) is 0 Å². The summed E-state index contributed by atoms with van der Waals surface area (Å²) in [7, 11) is 3.10. The van der Waals surface area contributed by atoms with Crippen molar-refractivity contribution in [2.45, 2.75) is 58.5 Å². The Morgan fingerprint density at radius 3 is 2.17 bits per heavy atom. The molecule has 4 heterocycles. The summed E-state index contributed by atoms with van der Waals surface area (Å²) in [6.45, 7) is 5.11. The number of carbonyl (C=O) groups excluding carboxylic acids is 4. The zero-order chi connectivity index (χ0) is 36.8. The first-order valence-electron chi connectivity index (χ1n) is 17.3. The van der Waals surface area contributed by atoms with Crippen LogP contribution in [0.4, 0.5) is 5.69 Å². The van der Waals surface area contributed by atoms with Gasteiger partial charge in [0.05, 0.1) is 39.7 Å². The molecule has 2 saturated heterocycles. The van der Waals surface area contributed by atoms with Gasteiger partial charge in [-0.05, 0) is 60.6 Å². The number of nitrogens with zero attached hydrogens (tertiary/aromatic N) is 2. The zero-order valence-corrected chi connectivity index (χ0v) is 29.7. The van der Waals surface area contributed by atoms with Crippen molar-refractivity contribution in [1.29, 1.82) is 0 Å². The highest BCUT2D eigenvalue weighted by atomic mass is 16.5. The van der Waals surface area contributed by atoms with E-state index in [1.165, 1.54) is 0 Å². The lowest BCUT2D eigenvalue weighted by Gasteiger charge is -2.17. The van der Waals surface area contributed by atoms with Crippen molar-refractivity contribution < 1.29 is 38.1 Å². The van der Waals surface area contributed by atoms with Gasteiger partial charge in [-0.3, -0.25) is 29.1 Å². The molecule has 270 valence electrons. The van der Waals surface area contributed by atoms with Crippen molar-refractivity contribution in [3.8, 4) is 22.6 Å². The lowest BCUT2D eigenvalue weighted by Crippen LogP contribution is -2.29. The van der Waals surface area contributed by atoms with Crippen molar-refractivity contribution in [1.82, 2.24) is 15.3 Å². The fourth-order valence-electron chi connectivity index (χ4n) is 6.59. The minimum absolute atomic E-state index is 0.0727. The van der Waals surface area contributed by atoms with Gasteiger partial charge in [0.25, 0.3) is 5.91 Å². The van der Waals surface area contributed by atoms with Crippen molar-refractivity contribution in [3.63, 3.8) is 0 Å². The quantitative estimate of drug-likeness (QED) is 0.129. The third-order valence-electron chi connectivity index (χ3n) is 9.71. The standard InChI is InChI=1S/C40H42N4O8/c1-23-26(14-35(45)33-16-37(50-4)28(20-42-33)19-41-29-15-39(47)52-22-29)7-5-8-30(23)31-9-6-10-32(24(31)2)44-40(48)34-17-36(49-3)27(18-43-34)12-11-25-13-38(46)51-21-25/h5-10,16-18,20,25,29,41H,11-15,19,21-22H2,1-4H3,(H,44,48)/t25-,29-/m0/s1. The van der Waals surface area contributed by atoms with Crippen LogP contribution in [0, 0.1) is 19.8 Å². The highest BCUT2D eigenvalue weighted by molar-refractivity contribution is 6.04. The van der Waals surface area contributed by atoms with Crippen LogP contribution in [0.15, 0.2) is 60.9 Å². The number of aromatic nitrogens is 2. The van der Waals surface area contributed by atoms with Crippen molar-refractivity contribution in [3.05, 3.63) is 100 Å². The van der Waals surface area contributed by atoms with Gasteiger partial charge in [-0.1, -0.05) is 30.3 Å². The van der Waals surface area contributed by atoms with E-state index >= 15 is 0 Å². The fraction of sp³-hybridized carbons (Fsp3) is 0.350. The van der Waals surface area contributed by atoms with E-state index in [0.717, 1.165) is 45.4 Å². The van der Waals surface area contributed by atoms with Crippen molar-refractivity contribution >= 4 is 29.3 Å². The van der Waals surface area contributed by atoms with Crippen LogP contribution < -0.4 is 20.1 Å². The van der Waals surface area contributed by atoms with E-state index in [0.29, 0.717) is 61.9 Å². The van der Waals surface area contributed by atoms with Crippen LogP contribution in [0.1, 0.15) is 68.1 Å². The number of amides is 1. The predicted molar refractivity (Wildman–Crippen MR) is 193 cm³/mol. The first-order chi connectivity index (χ1) is 25.1. The number of rotatable bonds is 14. The molecule has 2 atom stereocenters. The number of aryl methyl sites for hydroxylation is 1. The van der Waals surface area contributed by atoms with Gasteiger partial charge in [0.15, 0.2) is 5.78 Å². The molecular weight excluding hydrogens is 664 g/mol. The summed E-state index contributed by atoms with van der Waals surface area (Å²) in [5, 5.41) is 6.28. The van der Waals surface area contributed by atoms with Gasteiger partial charge in [0, 0.05) is 60.2 Å². The average molecular weight is 707 g/mol. The van der Waals surface area contributed by atoms with Crippen molar-refractivity contribution in [2.24, 2.45) is 5.92 Å². The number of carbonyl (C=O) groups is 4. The third-order valence-corrected chi connectivity index (χ3v) is 9.71. The van der Waals surface area contributed by atoms with Gasteiger partial charge >= 0.3 is 11.9 Å². The number of cyclic esters (lactones) is 2. The van der Waals surface area contributed by atoms with E-state index in [1.807, 2.05) is 50.2 Å². The van der Waals surface area contributed by atoms with Crippen LogP contribution in [0.2, 0.25) is 0 Å². The summed E-state index contributed by atoms with van der Waals surface area (Å²) < 4.78 is 21.2. The molecule has 4 aromatic rings. The lowest BCUT2D eigenvalue weighted by atomic mass is 9.91. The first kappa shape index (κ1) is 36.2. The third kappa shape index (κ3) is 8.29. The summed E-state index contributed by atoms with van der Waals surface area (Å²) in [6.07, 6.45) is 5.56. The highest BCUT2D eigenvalue weighted by Gasteiger charge is 2.25. The Labute approximate surface area is 302 Å². The van der Waals surface area contributed by atoms with Gasteiger partial charge < -0.3 is 29.6 Å². The van der Waals surface area contributed by atoms with Crippen LogP contribution >= 0.6 is 0 Å². The maximum atomic E-state index is 13.5. The normalized spacial score (nSPS) is 16.7. The number of benzene rings is 2. The van der Waals surface area contributed by atoms with Crippen LogP contribution in [-0.4, -0.2) is 67.1 Å². The molecule has 0 spiro atoms. The Hall–Kier alpha value is -5.62. The Bertz CT molecular complexity index is 1870. The minimum atomic E-state index is -0.372. The SMILES string of the molecule is COc1cc(C(=O)Nc2cccc(-c3cccc(CC(=O)c4cc(OC)c(CN[C@@H]5COC(=O)C5)cn4)c3C)c2C)ncc1CC[C@@H]1COC(=O)C1. The van der Waals surface area contributed by atoms with Crippen LogP contribution in [0.3, 0.4) is 0 Å². The number of esters is 2. The number of nitrogens with one attached hydrogen (secondary N) is 2. The molecule has 0 bridgehead atoms. The van der Waals surface area contributed by atoms with Gasteiger partial charge in [0.2, 0.25) is 0 Å². The molecule has 2 aliphatic rings. The number of Topliss-reactive ketones (excluding diaryl/α,β-unsaturated/α-hetero) is 1. The second-order valence-corrected chi connectivity index (χ2v) is 13.1. The zero-order valence-electron chi connectivity index (χ0n) is 29.7. The molecule has 2 fully saturated rings. The summed E-state index contributed by atoms with van der Waals surface area (Å²) in [5.74, 6) is 0.350. The predicted octanol–water partition coefficient (Wildman–Crippen LogP) is 5.36. The molecule has 52 heavy (non-hydrogen) atoms. The molecule has 2 aromatic heterocycles. The number of hydrogen-bond acceptors (Lipinski definition) is 11. The number of anilines is 1. The minimum Gasteiger partial charge on any atom is -0.496 e. The number of methoxy groups -OCH3 is 2. The number of pyridine rings is 2. The molecule has 0 unspecified atom stereocenters. The lowest BCUT2D eigenvalue weighted by molar-refractivity contribution is -0.138. The van der Waals surface area contributed by atoms with E-state index in [1.54, 1.807) is 38.7 Å². The molecule has 12 nitrogen and oxygen atoms in total. The molecule has 2 aromatic carbocycles. The maximum Gasteiger partial charge on any atom is 0.307 e. The molecule has 0 radical (unpaired) electrons. The van der Waals surface area contributed by atoms with Gasteiger partial charge in [-0.25, -0.2) is 0 Å². The Morgan fingerprint density at radius 1 is 0.808 bits per heavy atom. The van der Waals surface area contributed by atoms with E-state index in [4.69, 9.17) is 18.9 Å². The number of hydrogen-bond donors (Lipinski definition) is 2. The Morgan fingerprint density at radius 2 is 1.46 bits per heavy atom. The van der Waals surface area contributed by atoms with Crippen LogP contribution in [0.5, 0.6) is 11.5 Å². The molecular formula is C40H42N4O8. The Kier molecular flexibility index (Phi) is 11.2. The Balaban J connectivity index is 1.13. The summed E-state index contributed by atoms with van der Waals surface area (Å²) in [6, 6.07) is 14.8. The number of ketones is 1. The molecule has 12 heteroatoms. The van der Waals surface area contributed by atoms with Gasteiger partial charge in [-0.2, -0.15) is 0 Å². The highest BCUT2D eigenvalue weighted by Crippen LogP contribution is 2.33. The summed E-state index contributed by atoms with van der Waals surface area (Å²) >= 11 is 0. The van der Waals surface area contributed by atoms with Crippen LogP contribution in [-0.2, 0) is 38.4 Å². The summed E-state index contributed by atoms with van der Waals surface area (Å²) in [5.41, 5.74) is 7.32. The second kappa shape index (κ2) is 16.2. The smallest absolute Gasteiger partial charge is 0.307 e. The molecule has 1 amide bonds. The van der Waals surface area contributed by atoms with Crippen molar-refractivity contribution in [2.75, 3.05) is 32.8 Å². The average Bonchev–Trinajstić information content (AvgIpc) is 3.78. The fourth-order valence-corrected chi connectivity index (χ4v) is 6.59. The molecule has 2 N–H and O–H groups in total. The first-order valence-corrected chi connectivity index (χ1v) is 17.3. The largest absolute Gasteiger partial charge is 0.496 e. The number of ether oxygens (including phenoxy) is 4. The molecule has 0 aliphatic carbocycles. The monoisotopic (exact) mass is 706 g/mol.